The molecule has 0 aliphatic heterocycles. The van der Waals surface area contributed by atoms with E-state index in [9.17, 15) is 9.59 Å². The first-order valence-corrected chi connectivity index (χ1v) is 8.07. The van der Waals surface area contributed by atoms with Crippen molar-refractivity contribution in [3.63, 3.8) is 0 Å². The monoisotopic (exact) mass is 341 g/mol. The maximum Gasteiger partial charge on any atom is 0.338 e. The van der Waals surface area contributed by atoms with Gasteiger partial charge in [0.2, 0.25) is 0 Å². The van der Waals surface area contributed by atoms with Gasteiger partial charge in [-0.3, -0.25) is 4.79 Å². The highest BCUT2D eigenvalue weighted by Crippen LogP contribution is 2.25. The predicted octanol–water partition coefficient (Wildman–Crippen LogP) is 3.06. The minimum absolute atomic E-state index is 0.352. The number of fused-ring (bicyclic) bond motifs is 1. The number of ether oxygens (including phenoxy) is 1. The Bertz CT molecular complexity index is 892. The third-order valence-corrected chi connectivity index (χ3v) is 4.18. The van der Waals surface area contributed by atoms with Crippen molar-refractivity contribution in [1.29, 1.82) is 0 Å². The average Bonchev–Trinajstić information content (AvgIpc) is 2.94. The Morgan fingerprint density at radius 1 is 1.21 bits per heavy atom. The van der Waals surface area contributed by atoms with E-state index in [0.29, 0.717) is 16.4 Å². The van der Waals surface area contributed by atoms with Crippen LogP contribution in [-0.4, -0.2) is 23.0 Å². The fourth-order valence-electron chi connectivity index (χ4n) is 2.12. The van der Waals surface area contributed by atoms with Crippen molar-refractivity contribution in [2.24, 2.45) is 0 Å². The highest BCUT2D eigenvalue weighted by atomic mass is 32.1. The first-order chi connectivity index (χ1) is 11.5. The average molecular weight is 341 g/mol. The number of amides is 1. The topological polar surface area (TPSA) is 94.3 Å². The molecule has 0 saturated carbocycles. The molecular weight excluding hydrogens is 326 g/mol. The Labute approximate surface area is 142 Å². The summed E-state index contributed by atoms with van der Waals surface area (Å²) in [7, 11) is 0. The Kier molecular flexibility index (Phi) is 4.43. The Hall–Kier alpha value is -2.93. The number of para-hydroxylation sites is 1. The highest BCUT2D eigenvalue weighted by molar-refractivity contribution is 7.22. The first-order valence-electron chi connectivity index (χ1n) is 7.26. The van der Waals surface area contributed by atoms with Gasteiger partial charge in [0.05, 0.1) is 15.8 Å². The van der Waals surface area contributed by atoms with Crippen LogP contribution in [-0.2, 0) is 9.53 Å². The molecule has 0 aliphatic rings. The molecule has 6 nitrogen and oxygen atoms in total. The zero-order chi connectivity index (χ0) is 17.1. The number of rotatable bonds is 4. The molecule has 7 heteroatoms. The second-order valence-electron chi connectivity index (χ2n) is 5.14. The number of benzene rings is 2. The van der Waals surface area contributed by atoms with E-state index < -0.39 is 18.0 Å². The molecule has 2 aromatic carbocycles. The standard InChI is InChI=1S/C17H15N3O3S/c1-10(15(21)19-12-5-3-2-4-6-12)23-16(22)11-7-8-13-14(9-11)24-17(18)20-13/h2-10H,1H3,(H2,18,20)(H,19,21)/t10-/m0/s1. The third kappa shape index (κ3) is 3.52. The van der Waals surface area contributed by atoms with Gasteiger partial charge in [0, 0.05) is 5.69 Å². The van der Waals surface area contributed by atoms with Crippen LogP contribution >= 0.6 is 11.3 Å². The van der Waals surface area contributed by atoms with Crippen LogP contribution in [0.3, 0.4) is 0 Å². The van der Waals surface area contributed by atoms with Gasteiger partial charge in [-0.25, -0.2) is 9.78 Å². The lowest BCUT2D eigenvalue weighted by atomic mass is 10.2. The summed E-state index contributed by atoms with van der Waals surface area (Å²) in [5, 5.41) is 3.13. The molecule has 0 spiro atoms. The molecule has 0 saturated heterocycles. The summed E-state index contributed by atoms with van der Waals surface area (Å²) >= 11 is 1.29. The van der Waals surface area contributed by atoms with Gasteiger partial charge < -0.3 is 15.8 Å². The van der Waals surface area contributed by atoms with E-state index in [-0.39, 0.29) is 0 Å². The summed E-state index contributed by atoms with van der Waals surface area (Å²) in [6.07, 6.45) is -0.917. The van der Waals surface area contributed by atoms with Crippen molar-refractivity contribution < 1.29 is 14.3 Å². The van der Waals surface area contributed by atoms with Crippen molar-refractivity contribution in [3.8, 4) is 0 Å². The SMILES string of the molecule is C[C@H](OC(=O)c1ccc2nc(N)sc2c1)C(=O)Nc1ccccc1. The maximum atomic E-state index is 12.2. The molecule has 122 valence electrons. The molecule has 1 heterocycles. The number of esters is 1. The van der Waals surface area contributed by atoms with Crippen molar-refractivity contribution in [2.75, 3.05) is 11.1 Å². The van der Waals surface area contributed by atoms with Crippen molar-refractivity contribution in [3.05, 3.63) is 54.1 Å². The van der Waals surface area contributed by atoms with E-state index in [4.69, 9.17) is 10.5 Å². The van der Waals surface area contributed by atoms with Crippen molar-refractivity contribution >= 4 is 44.2 Å². The van der Waals surface area contributed by atoms with E-state index in [2.05, 4.69) is 10.3 Å². The lowest BCUT2D eigenvalue weighted by Gasteiger charge is -2.13. The number of carbonyl (C=O) groups excluding carboxylic acids is 2. The molecule has 0 unspecified atom stereocenters. The summed E-state index contributed by atoms with van der Waals surface area (Å²) in [4.78, 5) is 28.4. The molecule has 1 amide bonds. The normalized spacial score (nSPS) is 11.9. The van der Waals surface area contributed by atoms with Crippen LogP contribution in [0.25, 0.3) is 10.2 Å². The Morgan fingerprint density at radius 3 is 2.71 bits per heavy atom. The smallest absolute Gasteiger partial charge is 0.338 e. The molecule has 0 radical (unpaired) electrons. The molecular formula is C17H15N3O3S. The highest BCUT2D eigenvalue weighted by Gasteiger charge is 2.19. The van der Waals surface area contributed by atoms with Crippen molar-refractivity contribution in [1.82, 2.24) is 4.98 Å². The fraction of sp³-hybridized carbons (Fsp3) is 0.118. The van der Waals surface area contributed by atoms with Crippen LogP contribution in [0.1, 0.15) is 17.3 Å². The van der Waals surface area contributed by atoms with Gasteiger partial charge in [-0.05, 0) is 37.3 Å². The molecule has 0 fully saturated rings. The number of nitrogen functional groups attached to an aromatic ring is 1. The summed E-state index contributed by atoms with van der Waals surface area (Å²) in [5.74, 6) is -0.961. The molecule has 1 atom stereocenters. The van der Waals surface area contributed by atoms with Crippen LogP contribution in [0.5, 0.6) is 0 Å². The second kappa shape index (κ2) is 6.67. The number of hydrogen-bond donors (Lipinski definition) is 2. The lowest BCUT2D eigenvalue weighted by molar-refractivity contribution is -0.123. The number of aromatic nitrogens is 1. The molecule has 0 bridgehead atoms. The minimum Gasteiger partial charge on any atom is -0.449 e. The second-order valence-corrected chi connectivity index (χ2v) is 6.20. The van der Waals surface area contributed by atoms with Gasteiger partial charge in [-0.1, -0.05) is 29.5 Å². The van der Waals surface area contributed by atoms with Gasteiger partial charge in [0.15, 0.2) is 11.2 Å². The summed E-state index contributed by atoms with van der Waals surface area (Å²) in [5.41, 5.74) is 7.37. The number of thiazole rings is 1. The number of hydrogen-bond acceptors (Lipinski definition) is 6. The lowest BCUT2D eigenvalue weighted by Crippen LogP contribution is -2.29. The van der Waals surface area contributed by atoms with Crippen molar-refractivity contribution in [2.45, 2.75) is 13.0 Å². The molecule has 1 aromatic heterocycles. The van der Waals surface area contributed by atoms with Crippen LogP contribution in [0, 0.1) is 0 Å². The Balaban J connectivity index is 1.67. The van der Waals surface area contributed by atoms with Crippen LogP contribution in [0.4, 0.5) is 10.8 Å². The van der Waals surface area contributed by atoms with E-state index in [1.54, 1.807) is 30.3 Å². The van der Waals surface area contributed by atoms with E-state index in [1.807, 2.05) is 18.2 Å². The number of nitrogens with one attached hydrogen (secondary N) is 1. The van der Waals surface area contributed by atoms with Gasteiger partial charge >= 0.3 is 5.97 Å². The van der Waals surface area contributed by atoms with Crippen LogP contribution in [0.2, 0.25) is 0 Å². The number of nitrogens with zero attached hydrogens (tertiary/aromatic N) is 1. The zero-order valence-corrected chi connectivity index (χ0v) is 13.7. The van der Waals surface area contributed by atoms with E-state index in [0.717, 1.165) is 10.2 Å². The maximum absolute atomic E-state index is 12.2. The quantitative estimate of drug-likeness (QED) is 0.711. The molecule has 0 aliphatic carbocycles. The molecule has 3 aromatic rings. The molecule has 24 heavy (non-hydrogen) atoms. The summed E-state index contributed by atoms with van der Waals surface area (Å²) in [6.45, 7) is 1.53. The predicted molar refractivity (Wildman–Crippen MR) is 94.0 cm³/mol. The Morgan fingerprint density at radius 2 is 1.96 bits per heavy atom. The van der Waals surface area contributed by atoms with E-state index in [1.165, 1.54) is 18.3 Å². The molecule has 3 rings (SSSR count). The first kappa shape index (κ1) is 15.9. The number of anilines is 2. The summed E-state index contributed by atoms with van der Waals surface area (Å²) < 4.78 is 6.02. The van der Waals surface area contributed by atoms with E-state index >= 15 is 0 Å². The third-order valence-electron chi connectivity index (χ3n) is 3.34. The van der Waals surface area contributed by atoms with Gasteiger partial charge in [-0.2, -0.15) is 0 Å². The van der Waals surface area contributed by atoms with Gasteiger partial charge in [-0.15, -0.1) is 0 Å². The van der Waals surface area contributed by atoms with Crippen LogP contribution in [0.15, 0.2) is 48.5 Å². The minimum atomic E-state index is -0.917. The fourth-order valence-corrected chi connectivity index (χ4v) is 2.89. The van der Waals surface area contributed by atoms with Crippen LogP contribution < -0.4 is 11.1 Å². The number of nitrogens with two attached hydrogens (primary N) is 1. The summed E-state index contributed by atoms with van der Waals surface area (Å²) in [6, 6.07) is 13.9. The van der Waals surface area contributed by atoms with Gasteiger partial charge in [0.1, 0.15) is 0 Å². The largest absolute Gasteiger partial charge is 0.449 e. The zero-order valence-electron chi connectivity index (χ0n) is 12.9. The molecule has 3 N–H and O–H groups in total. The number of carbonyl (C=O) groups is 2. The van der Waals surface area contributed by atoms with Gasteiger partial charge in [0.25, 0.3) is 5.91 Å².